The van der Waals surface area contributed by atoms with Gasteiger partial charge in [-0.05, 0) is 19.1 Å². The van der Waals surface area contributed by atoms with Crippen LogP contribution in [0.25, 0.3) is 0 Å². The van der Waals surface area contributed by atoms with Crippen molar-refractivity contribution in [3.8, 4) is 0 Å². The molecule has 0 aliphatic rings. The van der Waals surface area contributed by atoms with Crippen molar-refractivity contribution in [2.75, 3.05) is 20.0 Å². The van der Waals surface area contributed by atoms with Crippen LogP contribution in [0.2, 0.25) is 0 Å². The van der Waals surface area contributed by atoms with Gasteiger partial charge in [-0.25, -0.2) is 0 Å². The molecule has 0 radical (unpaired) electrons. The van der Waals surface area contributed by atoms with Crippen LogP contribution in [0.1, 0.15) is 18.8 Å². The third kappa shape index (κ3) is 4.14. The first-order chi connectivity index (χ1) is 7.67. The van der Waals surface area contributed by atoms with Crippen molar-refractivity contribution >= 4 is 11.8 Å². The molecule has 0 aliphatic carbocycles. The van der Waals surface area contributed by atoms with Gasteiger partial charge in [0.25, 0.3) is 0 Å². The Morgan fingerprint density at radius 2 is 1.75 bits per heavy atom. The Morgan fingerprint density at radius 3 is 2.19 bits per heavy atom. The second-order valence-electron chi connectivity index (χ2n) is 3.53. The van der Waals surface area contributed by atoms with Crippen LogP contribution in [0.4, 0.5) is 0 Å². The summed E-state index contributed by atoms with van der Waals surface area (Å²) in [5, 5.41) is 9.17. The molecule has 1 rings (SSSR count). The zero-order valence-electron chi connectivity index (χ0n) is 9.84. The smallest absolute Gasteiger partial charge is 0.183 e. The monoisotopic (exact) mass is 242 g/mol. The number of thioether (sulfide) groups is 1. The highest BCUT2D eigenvalue weighted by Gasteiger charge is 2.08. The normalized spacial score (nSPS) is 13.1. The second kappa shape index (κ2) is 6.91. The van der Waals surface area contributed by atoms with E-state index in [1.165, 1.54) is 0 Å². The molecular weight excluding hydrogens is 224 g/mol. The summed E-state index contributed by atoms with van der Waals surface area (Å²) in [6.45, 7) is 1.78. The summed E-state index contributed by atoms with van der Waals surface area (Å²) in [6.07, 6.45) is -0.591. The average Bonchev–Trinajstić information content (AvgIpc) is 2.29. The van der Waals surface area contributed by atoms with E-state index in [-0.39, 0.29) is 12.4 Å². The molecule has 0 fully saturated rings. The van der Waals surface area contributed by atoms with E-state index < -0.39 is 0 Å². The van der Waals surface area contributed by atoms with Crippen LogP contribution in [0.5, 0.6) is 0 Å². The van der Waals surface area contributed by atoms with Gasteiger partial charge in [-0.1, -0.05) is 12.1 Å². The minimum absolute atomic E-state index is 0.282. The number of ether oxygens (including phenoxy) is 2. The van der Waals surface area contributed by atoms with Gasteiger partial charge in [-0.2, -0.15) is 0 Å². The van der Waals surface area contributed by atoms with Crippen LogP contribution < -0.4 is 0 Å². The third-order valence-electron chi connectivity index (χ3n) is 2.07. The number of aliphatic hydroxyl groups excluding tert-OH is 1. The first kappa shape index (κ1) is 13.5. The summed E-state index contributed by atoms with van der Waals surface area (Å²) >= 11 is 1.63. The van der Waals surface area contributed by atoms with Gasteiger partial charge in [0.2, 0.25) is 0 Å². The standard InChI is InChI=1S/C12H18O3S/c1-9(13)8-16-11-6-4-10(5-7-11)12(14-2)15-3/h4-7,9,12-13H,8H2,1-3H3. The van der Waals surface area contributed by atoms with Crippen LogP contribution in [0.15, 0.2) is 29.2 Å². The number of aliphatic hydroxyl groups is 1. The molecule has 90 valence electrons. The van der Waals surface area contributed by atoms with E-state index in [0.29, 0.717) is 5.75 Å². The van der Waals surface area contributed by atoms with E-state index in [4.69, 9.17) is 9.47 Å². The lowest BCUT2D eigenvalue weighted by Crippen LogP contribution is -2.04. The zero-order valence-corrected chi connectivity index (χ0v) is 10.7. The van der Waals surface area contributed by atoms with Gasteiger partial charge in [-0.15, -0.1) is 11.8 Å². The summed E-state index contributed by atoms with van der Waals surface area (Å²) < 4.78 is 10.3. The Kier molecular flexibility index (Phi) is 5.84. The summed E-state index contributed by atoms with van der Waals surface area (Å²) in [5.74, 6) is 0.706. The molecule has 1 aromatic rings. The molecule has 1 atom stereocenters. The molecule has 0 saturated heterocycles. The molecular formula is C12H18O3S. The van der Waals surface area contributed by atoms with Crippen LogP contribution in [-0.4, -0.2) is 31.2 Å². The third-order valence-corrected chi connectivity index (χ3v) is 3.33. The lowest BCUT2D eigenvalue weighted by atomic mass is 10.2. The number of rotatable bonds is 6. The molecule has 4 heteroatoms. The van der Waals surface area contributed by atoms with Gasteiger partial charge in [0.15, 0.2) is 6.29 Å². The lowest BCUT2D eigenvalue weighted by molar-refractivity contribution is -0.106. The van der Waals surface area contributed by atoms with Crippen LogP contribution in [0, 0.1) is 0 Å². The fraction of sp³-hybridized carbons (Fsp3) is 0.500. The van der Waals surface area contributed by atoms with Gasteiger partial charge in [-0.3, -0.25) is 0 Å². The molecule has 0 aliphatic heterocycles. The summed E-state index contributed by atoms with van der Waals surface area (Å²) in [7, 11) is 3.23. The number of benzene rings is 1. The fourth-order valence-electron chi connectivity index (χ4n) is 1.31. The molecule has 0 heterocycles. The lowest BCUT2D eigenvalue weighted by Gasteiger charge is -2.13. The summed E-state index contributed by atoms with van der Waals surface area (Å²) in [6, 6.07) is 7.96. The molecule has 0 aromatic heterocycles. The molecule has 1 aromatic carbocycles. The first-order valence-electron chi connectivity index (χ1n) is 5.13. The second-order valence-corrected chi connectivity index (χ2v) is 4.63. The highest BCUT2D eigenvalue weighted by atomic mass is 32.2. The maximum Gasteiger partial charge on any atom is 0.183 e. The van der Waals surface area contributed by atoms with Gasteiger partial charge in [0.1, 0.15) is 0 Å². The van der Waals surface area contributed by atoms with E-state index in [0.717, 1.165) is 10.5 Å². The predicted octanol–water partition coefficient (Wildman–Crippen LogP) is 2.45. The van der Waals surface area contributed by atoms with Crippen molar-refractivity contribution in [1.82, 2.24) is 0 Å². The van der Waals surface area contributed by atoms with Crippen molar-refractivity contribution in [3.05, 3.63) is 29.8 Å². The molecule has 0 spiro atoms. The molecule has 1 N–H and O–H groups in total. The first-order valence-corrected chi connectivity index (χ1v) is 6.12. The number of methoxy groups -OCH3 is 2. The molecule has 0 bridgehead atoms. The highest BCUT2D eigenvalue weighted by molar-refractivity contribution is 7.99. The Hall–Kier alpha value is -0.550. The van der Waals surface area contributed by atoms with Crippen LogP contribution in [-0.2, 0) is 9.47 Å². The van der Waals surface area contributed by atoms with Crippen molar-refractivity contribution in [2.24, 2.45) is 0 Å². The van der Waals surface area contributed by atoms with Crippen molar-refractivity contribution in [1.29, 1.82) is 0 Å². The quantitative estimate of drug-likeness (QED) is 0.614. The molecule has 0 amide bonds. The zero-order chi connectivity index (χ0) is 12.0. The Balaban J connectivity index is 2.60. The van der Waals surface area contributed by atoms with E-state index in [1.807, 2.05) is 24.3 Å². The van der Waals surface area contributed by atoms with Crippen LogP contribution >= 0.6 is 11.8 Å². The Bertz CT molecular complexity index is 294. The Morgan fingerprint density at radius 1 is 1.19 bits per heavy atom. The summed E-state index contributed by atoms with van der Waals surface area (Å²) in [5.41, 5.74) is 0.992. The van der Waals surface area contributed by atoms with Gasteiger partial charge in [0, 0.05) is 30.4 Å². The minimum Gasteiger partial charge on any atom is -0.393 e. The van der Waals surface area contributed by atoms with Gasteiger partial charge >= 0.3 is 0 Å². The molecule has 0 saturated carbocycles. The minimum atomic E-state index is -0.309. The van der Waals surface area contributed by atoms with Crippen LogP contribution in [0.3, 0.4) is 0 Å². The number of hydrogen-bond acceptors (Lipinski definition) is 4. The summed E-state index contributed by atoms with van der Waals surface area (Å²) in [4.78, 5) is 1.13. The molecule has 1 unspecified atom stereocenters. The maximum atomic E-state index is 9.17. The fourth-order valence-corrected chi connectivity index (χ4v) is 2.07. The maximum absolute atomic E-state index is 9.17. The van der Waals surface area contributed by atoms with E-state index >= 15 is 0 Å². The largest absolute Gasteiger partial charge is 0.393 e. The van der Waals surface area contributed by atoms with Gasteiger partial charge < -0.3 is 14.6 Å². The van der Waals surface area contributed by atoms with E-state index in [2.05, 4.69) is 0 Å². The molecule has 3 nitrogen and oxygen atoms in total. The molecule has 16 heavy (non-hydrogen) atoms. The van der Waals surface area contributed by atoms with Gasteiger partial charge in [0.05, 0.1) is 6.10 Å². The highest BCUT2D eigenvalue weighted by Crippen LogP contribution is 2.23. The SMILES string of the molecule is COC(OC)c1ccc(SCC(C)O)cc1. The van der Waals surface area contributed by atoms with E-state index in [1.54, 1.807) is 32.9 Å². The Labute approximate surface area is 101 Å². The predicted molar refractivity (Wildman–Crippen MR) is 65.6 cm³/mol. The van der Waals surface area contributed by atoms with E-state index in [9.17, 15) is 5.11 Å². The van der Waals surface area contributed by atoms with Crippen molar-refractivity contribution < 1.29 is 14.6 Å². The topological polar surface area (TPSA) is 38.7 Å². The van der Waals surface area contributed by atoms with Crippen molar-refractivity contribution in [2.45, 2.75) is 24.2 Å². The number of hydrogen-bond donors (Lipinski definition) is 1. The van der Waals surface area contributed by atoms with Crippen molar-refractivity contribution in [3.63, 3.8) is 0 Å². The average molecular weight is 242 g/mol.